The van der Waals surface area contributed by atoms with Crippen LogP contribution in [0.5, 0.6) is 5.75 Å². The lowest BCUT2D eigenvalue weighted by atomic mass is 10.0. The summed E-state index contributed by atoms with van der Waals surface area (Å²) in [6.45, 7) is 1.51. The van der Waals surface area contributed by atoms with Gasteiger partial charge in [-0.25, -0.2) is 9.78 Å². The Morgan fingerprint density at radius 3 is 2.37 bits per heavy atom. The fourth-order valence-corrected chi connectivity index (χ4v) is 5.82. The molecular weight excluding hydrogens is 612 g/mol. The van der Waals surface area contributed by atoms with Crippen molar-refractivity contribution in [1.82, 2.24) is 4.98 Å². The number of para-hydroxylation sites is 1. The molecular formula is C30H22Br2N2O4. The van der Waals surface area contributed by atoms with Gasteiger partial charge in [0.25, 0.3) is 5.91 Å². The summed E-state index contributed by atoms with van der Waals surface area (Å²) >= 11 is 6.91. The maximum absolute atomic E-state index is 13.2. The molecule has 190 valence electrons. The van der Waals surface area contributed by atoms with Crippen molar-refractivity contribution < 1.29 is 19.1 Å². The van der Waals surface area contributed by atoms with Crippen LogP contribution >= 0.6 is 31.9 Å². The quantitative estimate of drug-likeness (QED) is 0.194. The van der Waals surface area contributed by atoms with E-state index < -0.39 is 18.5 Å². The highest BCUT2D eigenvalue weighted by atomic mass is 79.9. The number of hydrogen-bond acceptors (Lipinski definition) is 5. The van der Waals surface area contributed by atoms with E-state index in [-0.39, 0.29) is 0 Å². The summed E-state index contributed by atoms with van der Waals surface area (Å²) in [7, 11) is 1.64. The fraction of sp³-hybridized carbons (Fsp3) is 0.100. The molecule has 0 atom stereocenters. The predicted octanol–water partition coefficient (Wildman–Crippen LogP) is 7.69. The number of nitrogens with one attached hydrogen (secondary N) is 1. The maximum Gasteiger partial charge on any atom is 0.339 e. The number of pyridine rings is 1. The summed E-state index contributed by atoms with van der Waals surface area (Å²) in [5.41, 5.74) is 4.08. The van der Waals surface area contributed by atoms with Gasteiger partial charge in [0, 0.05) is 19.9 Å². The number of anilines is 1. The topological polar surface area (TPSA) is 77.5 Å². The molecule has 0 unspecified atom stereocenters. The third-order valence-corrected chi connectivity index (χ3v) is 7.32. The summed E-state index contributed by atoms with van der Waals surface area (Å²) in [6, 6.07) is 24.7. The summed E-state index contributed by atoms with van der Waals surface area (Å²) in [5.74, 6) is -0.273. The van der Waals surface area contributed by atoms with Crippen LogP contribution in [0.25, 0.3) is 32.9 Å². The summed E-state index contributed by atoms with van der Waals surface area (Å²) < 4.78 is 12.2. The summed E-state index contributed by atoms with van der Waals surface area (Å²) in [5, 5.41) is 5.48. The highest BCUT2D eigenvalue weighted by Gasteiger charge is 2.18. The molecule has 1 N–H and O–H groups in total. The molecule has 4 aromatic carbocycles. The number of benzene rings is 4. The normalized spacial score (nSPS) is 10.9. The molecule has 5 rings (SSSR count). The van der Waals surface area contributed by atoms with E-state index in [2.05, 4.69) is 37.2 Å². The van der Waals surface area contributed by atoms with Gasteiger partial charge in [-0.15, -0.1) is 0 Å². The number of rotatable bonds is 6. The lowest BCUT2D eigenvalue weighted by molar-refractivity contribution is -0.119. The van der Waals surface area contributed by atoms with Crippen LogP contribution in [0.15, 0.2) is 87.8 Å². The van der Waals surface area contributed by atoms with Crippen molar-refractivity contribution in [1.29, 1.82) is 0 Å². The van der Waals surface area contributed by atoms with Crippen LogP contribution in [0.3, 0.4) is 0 Å². The number of methoxy groups -OCH3 is 1. The first-order valence-corrected chi connectivity index (χ1v) is 13.3. The third-order valence-electron chi connectivity index (χ3n) is 6.06. The van der Waals surface area contributed by atoms with Crippen LogP contribution in [0.1, 0.15) is 15.9 Å². The third kappa shape index (κ3) is 5.42. The zero-order chi connectivity index (χ0) is 26.8. The number of nitrogens with zero attached hydrogens (tertiary/aromatic N) is 1. The molecule has 38 heavy (non-hydrogen) atoms. The number of ether oxygens (including phenoxy) is 2. The molecule has 0 fully saturated rings. The number of fused-ring (bicyclic) bond motifs is 2. The van der Waals surface area contributed by atoms with Gasteiger partial charge in [0.05, 0.1) is 29.6 Å². The Kier molecular flexibility index (Phi) is 7.44. The second-order valence-corrected chi connectivity index (χ2v) is 10.4. The van der Waals surface area contributed by atoms with Crippen molar-refractivity contribution in [2.75, 3.05) is 19.0 Å². The molecule has 0 bridgehead atoms. The molecule has 0 saturated heterocycles. The SMILES string of the molecule is COc1ccc2cc(-c3cc(C(=O)OCC(=O)Nc4c(Br)cc(C)cc4Br)c4ccccc4n3)ccc2c1. The Morgan fingerprint density at radius 2 is 1.61 bits per heavy atom. The first kappa shape index (κ1) is 25.9. The standard InChI is InChI=1S/C30H22Br2N2O4/c1-17-11-24(31)29(25(32)12-17)34-28(35)16-38-30(36)23-15-27(33-26-6-4-3-5-22(23)26)20-8-7-19-14-21(37-2)10-9-18(19)13-20/h3-15H,16H2,1-2H3,(H,34,35). The lowest BCUT2D eigenvalue weighted by Gasteiger charge is -2.12. The Labute approximate surface area is 236 Å². The molecule has 0 radical (unpaired) electrons. The summed E-state index contributed by atoms with van der Waals surface area (Å²) in [4.78, 5) is 30.6. The molecule has 0 saturated carbocycles. The Morgan fingerprint density at radius 1 is 0.895 bits per heavy atom. The first-order valence-electron chi connectivity index (χ1n) is 11.7. The minimum atomic E-state index is -0.604. The first-order chi connectivity index (χ1) is 18.3. The van der Waals surface area contributed by atoms with Gasteiger partial charge in [-0.1, -0.05) is 36.4 Å². The molecule has 0 spiro atoms. The van der Waals surface area contributed by atoms with Crippen molar-refractivity contribution in [3.05, 3.63) is 98.9 Å². The molecule has 5 aromatic rings. The van der Waals surface area contributed by atoms with Gasteiger partial charge < -0.3 is 14.8 Å². The van der Waals surface area contributed by atoms with Crippen LogP contribution in [0, 0.1) is 6.92 Å². The number of carbonyl (C=O) groups is 2. The number of amides is 1. The van der Waals surface area contributed by atoms with Gasteiger partial charge in [0.1, 0.15) is 5.75 Å². The molecule has 0 aliphatic rings. The molecule has 1 amide bonds. The van der Waals surface area contributed by atoms with E-state index in [1.165, 1.54) is 0 Å². The Bertz CT molecular complexity index is 1700. The molecule has 0 aliphatic heterocycles. The predicted molar refractivity (Wildman–Crippen MR) is 157 cm³/mol. The van der Waals surface area contributed by atoms with Gasteiger partial charge in [0.2, 0.25) is 0 Å². The van der Waals surface area contributed by atoms with Gasteiger partial charge in [-0.2, -0.15) is 0 Å². The van der Waals surface area contributed by atoms with Crippen molar-refractivity contribution in [2.45, 2.75) is 6.92 Å². The second kappa shape index (κ2) is 10.9. The van der Waals surface area contributed by atoms with E-state index in [9.17, 15) is 9.59 Å². The summed E-state index contributed by atoms with van der Waals surface area (Å²) in [6.07, 6.45) is 0. The number of halogens is 2. The maximum atomic E-state index is 13.2. The largest absolute Gasteiger partial charge is 0.497 e. The monoisotopic (exact) mass is 632 g/mol. The van der Waals surface area contributed by atoms with Crippen molar-refractivity contribution in [2.24, 2.45) is 0 Å². The smallest absolute Gasteiger partial charge is 0.339 e. The van der Waals surface area contributed by atoms with E-state index in [1.54, 1.807) is 13.2 Å². The van der Waals surface area contributed by atoms with E-state index in [0.29, 0.717) is 27.8 Å². The molecule has 8 heteroatoms. The Hall–Kier alpha value is -3.75. The lowest BCUT2D eigenvalue weighted by Crippen LogP contribution is -2.21. The number of esters is 1. The minimum Gasteiger partial charge on any atom is -0.497 e. The average molecular weight is 634 g/mol. The molecule has 0 aliphatic carbocycles. The second-order valence-electron chi connectivity index (χ2n) is 8.73. The number of carbonyl (C=O) groups excluding carboxylic acids is 2. The van der Waals surface area contributed by atoms with E-state index in [0.717, 1.165) is 36.6 Å². The van der Waals surface area contributed by atoms with Crippen LogP contribution in [0.2, 0.25) is 0 Å². The van der Waals surface area contributed by atoms with Gasteiger partial charge >= 0.3 is 5.97 Å². The van der Waals surface area contributed by atoms with Crippen molar-refractivity contribution in [3.8, 4) is 17.0 Å². The number of aryl methyl sites for hydroxylation is 1. The molecule has 1 heterocycles. The highest BCUT2D eigenvalue weighted by molar-refractivity contribution is 9.11. The van der Waals surface area contributed by atoms with Crippen molar-refractivity contribution in [3.63, 3.8) is 0 Å². The van der Waals surface area contributed by atoms with Crippen molar-refractivity contribution >= 4 is 71.1 Å². The fourth-order valence-electron chi connectivity index (χ4n) is 4.21. The van der Waals surface area contributed by atoms with Crippen LogP contribution in [-0.2, 0) is 9.53 Å². The number of aromatic nitrogens is 1. The van der Waals surface area contributed by atoms with Crippen LogP contribution in [-0.4, -0.2) is 30.6 Å². The zero-order valence-corrected chi connectivity index (χ0v) is 23.7. The van der Waals surface area contributed by atoms with Gasteiger partial charge in [-0.05, 0) is 97.6 Å². The van der Waals surface area contributed by atoms with E-state index in [4.69, 9.17) is 14.5 Å². The minimum absolute atomic E-state index is 0.339. The van der Waals surface area contributed by atoms with Gasteiger partial charge in [-0.3, -0.25) is 4.79 Å². The highest BCUT2D eigenvalue weighted by Crippen LogP contribution is 2.33. The molecule has 1 aromatic heterocycles. The van der Waals surface area contributed by atoms with E-state index in [1.807, 2.05) is 79.7 Å². The van der Waals surface area contributed by atoms with E-state index >= 15 is 0 Å². The molecule has 6 nitrogen and oxygen atoms in total. The van der Waals surface area contributed by atoms with Crippen LogP contribution < -0.4 is 10.1 Å². The zero-order valence-electron chi connectivity index (χ0n) is 20.5. The van der Waals surface area contributed by atoms with Crippen LogP contribution in [0.4, 0.5) is 5.69 Å². The Balaban J connectivity index is 1.41. The van der Waals surface area contributed by atoms with Gasteiger partial charge in [0.15, 0.2) is 6.61 Å². The average Bonchev–Trinajstić information content (AvgIpc) is 2.92. The number of hydrogen-bond donors (Lipinski definition) is 1.